The molecule has 2 spiro atoms. The molecule has 14 rings (SSSR count). The number of carbonyl (C=O) groups is 4. The number of hydrogen-bond acceptors (Lipinski definition) is 26. The number of methoxy groups -OCH3 is 6. The average Bonchev–Trinajstić information content (AvgIpc) is 1.60. The van der Waals surface area contributed by atoms with Crippen LogP contribution >= 0.6 is 0 Å². The van der Waals surface area contributed by atoms with Crippen LogP contribution in [0.5, 0.6) is 34.8 Å². The van der Waals surface area contributed by atoms with Gasteiger partial charge < -0.3 is 54.0 Å². The minimum absolute atomic E-state index is 0.000323. The zero-order chi connectivity index (χ0) is 109. The maximum absolute atomic E-state index is 13.9. The van der Waals surface area contributed by atoms with Crippen LogP contribution in [-0.4, -0.2) is 206 Å². The Morgan fingerprint density at radius 3 is 1.13 bits per heavy atom. The molecule has 7 N–H and O–H groups in total. The van der Waals surface area contributed by atoms with Crippen molar-refractivity contribution in [2.75, 3.05) is 91.0 Å². The number of aliphatic hydroxyl groups excluding tert-OH is 5. The zero-order valence-electron chi connectivity index (χ0n) is 89.0. The first-order chi connectivity index (χ1) is 70.8. The number of aromatic nitrogens is 7. The normalized spacial score (nSPS) is 21.3. The van der Waals surface area contributed by atoms with E-state index >= 15 is 0 Å². The van der Waals surface area contributed by atoms with Gasteiger partial charge in [0, 0.05) is 90.7 Å². The number of aliphatic hydroxyl groups is 5. The number of carbonyl (C=O) groups excluding carboxylic acids is 4. The molecule has 0 amide bonds. The number of pyridine rings is 5. The lowest BCUT2D eigenvalue weighted by Gasteiger charge is -2.33. The van der Waals surface area contributed by atoms with Crippen molar-refractivity contribution in [3.05, 3.63) is 160 Å². The average molecular weight is 2120 g/mol. The SMILES string of the molecule is CCC(CO)CC(=O)c1cc(/C=C/C2CC3(CC3)C2)c(OC)cn1.CCC(CO)CC(=O)c1cc(/C=C/C2CCC(C(C)(F)F)CC2)c(OC)cn1.CCC(CO)CC(=O)c1cc(/C=C/C2CCC(C)(F)CC2)c(OC)cn1.COc1cnc(C(=O)CCC(O)CO)cc1/C=C/C1CC2(CC2)C1.COc1nc(F)c(NS(C)(=O)=O)cc1/C=C/CC1CCCC1.COc1nnc(NS(C)(=O)=O)cc1/C=C/C1CCC(C(C)(F)F)CC1. The van der Waals surface area contributed by atoms with Gasteiger partial charge in [-0.05, 0) is 263 Å². The minimum atomic E-state index is -3.56. The molecule has 8 fully saturated rings. The summed E-state index contributed by atoms with van der Waals surface area (Å²) in [6, 6.07) is 9.92. The summed E-state index contributed by atoms with van der Waals surface area (Å²) in [7, 11) is 2.16. The quantitative estimate of drug-likeness (QED) is 0.0106. The van der Waals surface area contributed by atoms with E-state index in [1.165, 1.54) is 110 Å². The molecule has 0 bridgehead atoms. The third-order valence-electron chi connectivity index (χ3n) is 29.9. The summed E-state index contributed by atoms with van der Waals surface area (Å²) in [5, 5.41) is 53.6. The van der Waals surface area contributed by atoms with E-state index in [1.54, 1.807) is 84.3 Å². The summed E-state index contributed by atoms with van der Waals surface area (Å²) in [4.78, 5) is 69.9. The Hall–Kier alpha value is -10.4. The van der Waals surface area contributed by atoms with Gasteiger partial charge in [-0.1, -0.05) is 139 Å². The number of anilines is 2. The monoisotopic (exact) mass is 2120 g/mol. The number of Topliss-reactive ketones (excluding diaryl/α,β-unsaturated/α-hetero) is 4. The van der Waals surface area contributed by atoms with Crippen molar-refractivity contribution >= 4 is 91.1 Å². The molecule has 6 aromatic rings. The van der Waals surface area contributed by atoms with Gasteiger partial charge in [-0.3, -0.25) is 28.6 Å². The second-order valence-electron chi connectivity index (χ2n) is 42.0. The number of halogens is 6. The zero-order valence-corrected chi connectivity index (χ0v) is 90.6. The first kappa shape index (κ1) is 122. The van der Waals surface area contributed by atoms with E-state index in [2.05, 4.69) is 68.9 Å². The number of nitrogens with zero attached hydrogens (tertiary/aromatic N) is 7. The van der Waals surface area contributed by atoms with Crippen molar-refractivity contribution in [2.24, 2.45) is 75.9 Å². The van der Waals surface area contributed by atoms with Gasteiger partial charge in [-0.15, -0.1) is 10.2 Å². The number of hydrogen-bond donors (Lipinski definition) is 7. The van der Waals surface area contributed by atoms with Crippen LogP contribution in [0.4, 0.5) is 37.8 Å². The van der Waals surface area contributed by atoms with Gasteiger partial charge in [-0.25, -0.2) is 58.7 Å². The first-order valence-electron chi connectivity index (χ1n) is 52.3. The lowest BCUT2D eigenvalue weighted by molar-refractivity contribution is -0.0563. The second-order valence-corrected chi connectivity index (χ2v) is 45.5. The molecule has 4 atom stereocenters. The van der Waals surface area contributed by atoms with Gasteiger partial charge in [0.1, 0.15) is 57.1 Å². The van der Waals surface area contributed by atoms with Crippen LogP contribution < -0.4 is 37.9 Å². The summed E-state index contributed by atoms with van der Waals surface area (Å²) in [6.07, 6.45) is 59.4. The predicted molar refractivity (Wildman–Crippen MR) is 569 cm³/mol. The number of ketones is 4. The van der Waals surface area contributed by atoms with E-state index in [0.717, 1.165) is 100.0 Å². The molecule has 822 valence electrons. The summed E-state index contributed by atoms with van der Waals surface area (Å²) in [5.41, 5.74) is 6.15. The Kier molecular flexibility index (Phi) is 47.5. The van der Waals surface area contributed by atoms with Crippen molar-refractivity contribution < 1.29 is 116 Å². The fourth-order valence-corrected chi connectivity index (χ4v) is 20.7. The molecule has 6 heterocycles. The molecule has 36 heteroatoms. The number of rotatable bonds is 45. The Labute approximate surface area is 876 Å². The molecule has 6 aromatic heterocycles. The molecule has 0 radical (unpaired) electrons. The maximum Gasteiger partial charge on any atom is 0.248 e. The first-order valence-corrected chi connectivity index (χ1v) is 56.1. The highest BCUT2D eigenvalue weighted by atomic mass is 32.2. The van der Waals surface area contributed by atoms with Crippen molar-refractivity contribution in [3.63, 3.8) is 0 Å². The molecule has 4 unspecified atom stereocenters. The Morgan fingerprint density at radius 2 is 0.799 bits per heavy atom. The Bertz CT molecular complexity index is 5730. The highest BCUT2D eigenvalue weighted by Crippen LogP contribution is 2.65. The fraction of sp³-hybridized carbons (Fsp3) is 0.602. The summed E-state index contributed by atoms with van der Waals surface area (Å²) in [6.45, 7) is 9.22. The summed E-state index contributed by atoms with van der Waals surface area (Å²) in [5.74, 6) is -1.89. The standard InChI is InChI=1S/C22H31F2NO3.C21H30FNO3.C20H27NO3.C19H25NO4.C16H23F2N3O3S.C15H21FN2O3S/c1-4-15(14-26)11-20(27)19-12-17(21(28-3)13-25-19)8-5-16-6-9-18(10-7-16)22(2,23)24;1-4-15(14-24)11-19(25)18-12-17(20(26-3)13-23-18)6-5-16-7-9-21(2,22)10-8-16;1-3-14(13-22)8-18(23)17-9-16(19(24-2)12-21-17)5-4-15-10-20(11-15)6-7-20;1-24-18-11-20-16(17(23)5-4-15(22)12-21)8-14(18)3-2-13-9-19(10-13)6-7-19;1-16(17,18)13-8-5-11(6-9-13)4-7-12-10-14(21-25(3,22)23)19-20-15(12)24-2;1-21-15-12(9-5-8-11-6-3-4-7-11)10-13(14(16)17-15)18-22(2,19)20/h5,8,12-13,15-16,18,26H,4,6-7,9-11,14H2,1-3H3;5-6,12-13,15-16,24H,4,7-11,14H2,1-3H3;4-5,9,12,14-15,22H,3,6-8,10-11,13H2,1-2H3;2-3,8,11,13,15,21-22H,4-7,9-10,12H2,1H3;4,7,10-11,13H,5-6,8-9H2,1-3H3,(H,19,21);5,9-11,18H,3-4,6-8H2,1-2H3/b8-5+;6-5+;5-4+;3-2+;7-4+;9-5+. The summed E-state index contributed by atoms with van der Waals surface area (Å²) < 4.78 is 162. The molecule has 149 heavy (non-hydrogen) atoms. The number of ether oxygens (including phenoxy) is 6. The molecule has 0 saturated heterocycles. The van der Waals surface area contributed by atoms with Crippen LogP contribution in [0.1, 0.15) is 329 Å². The molecule has 8 saturated carbocycles. The highest BCUT2D eigenvalue weighted by molar-refractivity contribution is 7.92. The number of allylic oxidation sites excluding steroid dienone is 6. The van der Waals surface area contributed by atoms with Crippen molar-refractivity contribution in [3.8, 4) is 34.8 Å². The number of sulfonamides is 2. The largest absolute Gasteiger partial charge is 0.495 e. The molecule has 0 aliphatic heterocycles. The Balaban J connectivity index is 0.000000199. The third-order valence-corrected chi connectivity index (χ3v) is 31.1. The lowest BCUT2D eigenvalue weighted by Crippen LogP contribution is -2.28. The van der Waals surface area contributed by atoms with Crippen LogP contribution in [-0.2, 0) is 20.0 Å². The molecular weight excluding hydrogens is 1970 g/mol. The highest BCUT2D eigenvalue weighted by Gasteiger charge is 2.53. The molecular formula is C113H157F6N9O19S2. The number of nitrogens with one attached hydrogen (secondary N) is 2. The van der Waals surface area contributed by atoms with Crippen LogP contribution in [0.25, 0.3) is 36.5 Å². The van der Waals surface area contributed by atoms with Crippen molar-refractivity contribution in [2.45, 2.75) is 277 Å². The smallest absolute Gasteiger partial charge is 0.248 e. The van der Waals surface area contributed by atoms with Gasteiger partial charge >= 0.3 is 0 Å². The van der Waals surface area contributed by atoms with Crippen LogP contribution in [0, 0.1) is 81.9 Å². The third kappa shape index (κ3) is 40.0. The predicted octanol–water partition coefficient (Wildman–Crippen LogP) is 22.8. The lowest BCUT2D eigenvalue weighted by atomic mass is 9.72. The van der Waals surface area contributed by atoms with Gasteiger partial charge in [0.05, 0.1) is 92.7 Å². The molecule has 28 nitrogen and oxygen atoms in total. The van der Waals surface area contributed by atoms with E-state index in [-0.39, 0.29) is 128 Å². The van der Waals surface area contributed by atoms with E-state index < -0.39 is 61.4 Å². The van der Waals surface area contributed by atoms with Crippen molar-refractivity contribution in [1.29, 1.82) is 0 Å². The molecule has 8 aliphatic rings. The van der Waals surface area contributed by atoms with Gasteiger partial charge in [-0.2, -0.15) is 9.37 Å². The van der Waals surface area contributed by atoms with Crippen molar-refractivity contribution in [1.82, 2.24) is 35.1 Å². The second kappa shape index (κ2) is 57.9. The maximum atomic E-state index is 13.9. The van der Waals surface area contributed by atoms with E-state index in [4.69, 9.17) is 33.5 Å². The minimum Gasteiger partial charge on any atom is -0.495 e. The van der Waals surface area contributed by atoms with Crippen LogP contribution in [0.15, 0.2) is 97.6 Å². The fourth-order valence-electron chi connectivity index (χ4n) is 19.7. The summed E-state index contributed by atoms with van der Waals surface area (Å²) >= 11 is 0. The topological polar surface area (TPSA) is 407 Å². The van der Waals surface area contributed by atoms with E-state index in [1.807, 2.05) is 63.3 Å². The number of alkyl halides is 5. The van der Waals surface area contributed by atoms with Gasteiger partial charge in [0.25, 0.3) is 0 Å². The Morgan fingerprint density at radius 1 is 0.450 bits per heavy atom. The van der Waals surface area contributed by atoms with Gasteiger partial charge in [0.2, 0.25) is 49.6 Å². The molecule has 0 aromatic carbocycles. The molecule has 8 aliphatic carbocycles. The van der Waals surface area contributed by atoms with E-state index in [9.17, 15) is 82.8 Å². The van der Waals surface area contributed by atoms with Crippen LogP contribution in [0.3, 0.4) is 0 Å². The van der Waals surface area contributed by atoms with Crippen LogP contribution in [0.2, 0.25) is 0 Å². The van der Waals surface area contributed by atoms with E-state index in [0.29, 0.717) is 149 Å². The van der Waals surface area contributed by atoms with Gasteiger partial charge in [0.15, 0.2) is 29.0 Å².